The van der Waals surface area contributed by atoms with Gasteiger partial charge >= 0.3 is 6.09 Å². The highest BCUT2D eigenvalue weighted by molar-refractivity contribution is 5.89. The maximum atomic E-state index is 12.3. The van der Waals surface area contributed by atoms with Crippen LogP contribution in [-0.4, -0.2) is 70.7 Å². The number of benzene rings is 1. The summed E-state index contributed by atoms with van der Waals surface area (Å²) in [6, 6.07) is 5.55. The molecule has 36 heavy (non-hydrogen) atoms. The number of aromatic nitrogens is 3. The summed E-state index contributed by atoms with van der Waals surface area (Å²) < 4.78 is 13.1. The monoisotopic (exact) mass is 494 g/mol. The predicted octanol–water partition coefficient (Wildman–Crippen LogP) is 4.12. The molecule has 10 nitrogen and oxygen atoms in total. The van der Waals surface area contributed by atoms with E-state index in [4.69, 9.17) is 14.5 Å². The van der Waals surface area contributed by atoms with Gasteiger partial charge in [-0.2, -0.15) is 0 Å². The van der Waals surface area contributed by atoms with E-state index in [1.165, 1.54) is 0 Å². The van der Waals surface area contributed by atoms with Crippen LogP contribution in [0.5, 0.6) is 5.75 Å². The van der Waals surface area contributed by atoms with E-state index >= 15 is 0 Å². The van der Waals surface area contributed by atoms with Crippen molar-refractivity contribution in [3.63, 3.8) is 0 Å². The first-order valence-electron chi connectivity index (χ1n) is 12.3. The molecule has 0 bridgehead atoms. The van der Waals surface area contributed by atoms with Crippen molar-refractivity contribution in [3.8, 4) is 17.0 Å². The highest BCUT2D eigenvalue weighted by Gasteiger charge is 2.25. The number of carbonyl (C=O) groups excluding carboxylic acids is 2. The van der Waals surface area contributed by atoms with Crippen LogP contribution in [0.4, 0.5) is 16.4 Å². The number of hydrogen-bond donors (Lipinski definition) is 1. The van der Waals surface area contributed by atoms with Crippen LogP contribution in [-0.2, 0) is 9.53 Å². The Labute approximate surface area is 211 Å². The maximum Gasteiger partial charge on any atom is 0.412 e. The maximum absolute atomic E-state index is 12.3. The summed E-state index contributed by atoms with van der Waals surface area (Å²) in [5.41, 5.74) is 3.88. The van der Waals surface area contributed by atoms with Crippen LogP contribution >= 0.6 is 0 Å². The lowest BCUT2D eigenvalue weighted by molar-refractivity contribution is -0.129. The van der Waals surface area contributed by atoms with E-state index in [9.17, 15) is 9.59 Å². The molecule has 1 fully saturated rings. The standard InChI is InChI=1S/C26H34N6O4/c1-6-7-17(2)36-26(34)28-21-9-8-20(16-22(21)35-5)23-24-18(3)27-10-11-32(24)25(29-23)31-14-12-30(13-15-31)19(4)33/h8-11,16-17H,6-7,12-15H2,1-5H3,(H,28,34). The molecular formula is C26H34N6O4. The van der Waals surface area contributed by atoms with Crippen LogP contribution in [0.2, 0.25) is 0 Å². The van der Waals surface area contributed by atoms with Gasteiger partial charge in [0.25, 0.3) is 0 Å². The number of hydrogen-bond acceptors (Lipinski definition) is 7. The molecule has 1 aliphatic heterocycles. The molecule has 3 heterocycles. The van der Waals surface area contributed by atoms with Crippen molar-refractivity contribution >= 4 is 29.2 Å². The van der Waals surface area contributed by atoms with Crippen molar-refractivity contribution in [2.45, 2.75) is 46.6 Å². The second-order valence-electron chi connectivity index (χ2n) is 9.03. The van der Waals surface area contributed by atoms with Gasteiger partial charge in [0.15, 0.2) is 0 Å². The number of fused-ring (bicyclic) bond motifs is 1. The average molecular weight is 495 g/mol. The lowest BCUT2D eigenvalue weighted by Crippen LogP contribution is -2.48. The number of nitrogens with one attached hydrogen (secondary N) is 1. The van der Waals surface area contributed by atoms with Gasteiger partial charge in [0, 0.05) is 51.1 Å². The van der Waals surface area contributed by atoms with Crippen LogP contribution in [0.15, 0.2) is 30.6 Å². The second kappa shape index (κ2) is 10.8. The smallest absolute Gasteiger partial charge is 0.412 e. The van der Waals surface area contributed by atoms with Crippen molar-refractivity contribution in [3.05, 3.63) is 36.3 Å². The first-order chi connectivity index (χ1) is 17.3. The summed E-state index contributed by atoms with van der Waals surface area (Å²) >= 11 is 0. The number of piperazine rings is 1. The Kier molecular flexibility index (Phi) is 7.61. The number of methoxy groups -OCH3 is 1. The lowest BCUT2D eigenvalue weighted by Gasteiger charge is -2.34. The summed E-state index contributed by atoms with van der Waals surface area (Å²) in [5.74, 6) is 1.41. The highest BCUT2D eigenvalue weighted by Crippen LogP contribution is 2.35. The summed E-state index contributed by atoms with van der Waals surface area (Å²) in [6.07, 6.45) is 4.74. The zero-order valence-electron chi connectivity index (χ0n) is 21.6. The van der Waals surface area contributed by atoms with Crippen molar-refractivity contribution in [2.24, 2.45) is 0 Å². The first-order valence-corrected chi connectivity index (χ1v) is 12.3. The van der Waals surface area contributed by atoms with Gasteiger partial charge in [-0.05, 0) is 32.4 Å². The van der Waals surface area contributed by atoms with Crippen LogP contribution in [0, 0.1) is 6.92 Å². The van der Waals surface area contributed by atoms with E-state index in [-0.39, 0.29) is 12.0 Å². The van der Waals surface area contributed by atoms with Crippen molar-refractivity contribution < 1.29 is 19.1 Å². The quantitative estimate of drug-likeness (QED) is 0.527. The summed E-state index contributed by atoms with van der Waals surface area (Å²) in [6.45, 7) is 10.2. The second-order valence-corrected chi connectivity index (χ2v) is 9.03. The Morgan fingerprint density at radius 1 is 1.19 bits per heavy atom. The zero-order valence-corrected chi connectivity index (χ0v) is 21.6. The molecule has 4 rings (SSSR count). The molecule has 1 saturated heterocycles. The molecule has 1 aliphatic rings. The molecule has 1 aromatic carbocycles. The Morgan fingerprint density at radius 2 is 1.94 bits per heavy atom. The number of rotatable bonds is 7. The highest BCUT2D eigenvalue weighted by atomic mass is 16.6. The zero-order chi connectivity index (χ0) is 25.8. The number of nitrogens with zero attached hydrogens (tertiary/aromatic N) is 5. The molecule has 1 N–H and O–H groups in total. The van der Waals surface area contributed by atoms with Gasteiger partial charge in [-0.25, -0.2) is 9.78 Å². The van der Waals surface area contributed by atoms with Gasteiger partial charge < -0.3 is 19.3 Å². The van der Waals surface area contributed by atoms with E-state index in [0.29, 0.717) is 37.6 Å². The third-order valence-electron chi connectivity index (χ3n) is 6.44. The Balaban J connectivity index is 1.65. The van der Waals surface area contributed by atoms with Crippen molar-refractivity contribution in [1.29, 1.82) is 0 Å². The molecule has 0 aliphatic carbocycles. The predicted molar refractivity (Wildman–Crippen MR) is 139 cm³/mol. The molecule has 1 atom stereocenters. The van der Waals surface area contributed by atoms with Gasteiger partial charge in [0.2, 0.25) is 11.9 Å². The molecule has 3 aromatic rings. The topological polar surface area (TPSA) is 101 Å². The van der Waals surface area contributed by atoms with E-state index < -0.39 is 6.09 Å². The summed E-state index contributed by atoms with van der Waals surface area (Å²) in [5, 5.41) is 2.78. The number of anilines is 2. The Hall–Kier alpha value is -3.82. The van der Waals surface area contributed by atoms with Crippen molar-refractivity contribution in [2.75, 3.05) is 43.5 Å². The molecular weight excluding hydrogens is 460 g/mol. The van der Waals surface area contributed by atoms with E-state index in [2.05, 4.69) is 15.2 Å². The lowest BCUT2D eigenvalue weighted by atomic mass is 10.1. The minimum Gasteiger partial charge on any atom is -0.495 e. The normalized spacial score (nSPS) is 14.6. The van der Waals surface area contributed by atoms with Gasteiger partial charge in [-0.15, -0.1) is 0 Å². The van der Waals surface area contributed by atoms with Crippen molar-refractivity contribution in [1.82, 2.24) is 19.3 Å². The molecule has 2 amide bonds. The van der Waals surface area contributed by atoms with Gasteiger partial charge in [0.1, 0.15) is 17.5 Å². The minimum atomic E-state index is -0.513. The number of imidazole rings is 1. The molecule has 1 unspecified atom stereocenters. The minimum absolute atomic E-state index is 0.0906. The average Bonchev–Trinajstić information content (AvgIpc) is 3.25. The SMILES string of the molecule is CCCC(C)OC(=O)Nc1ccc(-c2nc(N3CCN(C(C)=O)CC3)n3ccnc(C)c23)cc1OC. The fourth-order valence-corrected chi connectivity index (χ4v) is 4.56. The first kappa shape index (κ1) is 25.3. The fourth-order valence-electron chi connectivity index (χ4n) is 4.56. The molecule has 192 valence electrons. The largest absolute Gasteiger partial charge is 0.495 e. The van der Waals surface area contributed by atoms with Gasteiger partial charge in [-0.1, -0.05) is 19.4 Å². The fraction of sp³-hybridized carbons (Fsp3) is 0.462. The molecule has 0 saturated carbocycles. The van der Waals surface area contributed by atoms with Gasteiger partial charge in [-0.3, -0.25) is 19.5 Å². The number of ether oxygens (including phenoxy) is 2. The third-order valence-corrected chi connectivity index (χ3v) is 6.44. The van der Waals surface area contributed by atoms with E-state index in [0.717, 1.165) is 41.3 Å². The molecule has 0 radical (unpaired) electrons. The van der Waals surface area contributed by atoms with Crippen LogP contribution in [0.3, 0.4) is 0 Å². The number of carbonyl (C=O) groups is 2. The Bertz CT molecular complexity index is 1250. The van der Waals surface area contributed by atoms with E-state index in [1.807, 2.05) is 48.4 Å². The number of amides is 2. The molecule has 0 spiro atoms. The van der Waals surface area contributed by atoms with Gasteiger partial charge in [0.05, 0.1) is 24.0 Å². The van der Waals surface area contributed by atoms with Crippen LogP contribution in [0.25, 0.3) is 16.8 Å². The molecule has 10 heteroatoms. The summed E-state index contributed by atoms with van der Waals surface area (Å²) in [4.78, 5) is 37.7. The Morgan fingerprint density at radius 3 is 2.61 bits per heavy atom. The molecule has 2 aromatic heterocycles. The third kappa shape index (κ3) is 5.22. The van der Waals surface area contributed by atoms with Crippen LogP contribution < -0.4 is 15.0 Å². The van der Waals surface area contributed by atoms with Crippen LogP contribution in [0.1, 0.15) is 39.3 Å². The van der Waals surface area contributed by atoms with E-state index in [1.54, 1.807) is 26.3 Å². The summed E-state index contributed by atoms with van der Waals surface area (Å²) in [7, 11) is 1.56. The number of aryl methyl sites for hydroxylation is 1.